The first-order valence-electron chi connectivity index (χ1n) is 6.34. The maximum absolute atomic E-state index is 13.6. The summed E-state index contributed by atoms with van der Waals surface area (Å²) >= 11 is 5.85. The van der Waals surface area contributed by atoms with Gasteiger partial charge < -0.3 is 4.90 Å². The number of hydrogen-bond donors (Lipinski definition) is 0. The molecule has 1 aliphatic rings. The summed E-state index contributed by atoms with van der Waals surface area (Å²) in [6.45, 7) is 4.28. The van der Waals surface area contributed by atoms with Crippen LogP contribution in [0.1, 0.15) is 31.7 Å². The molecule has 0 amide bonds. The van der Waals surface area contributed by atoms with Crippen LogP contribution in [0.3, 0.4) is 0 Å². The number of alkyl halides is 1. The van der Waals surface area contributed by atoms with Gasteiger partial charge in [-0.2, -0.15) is 0 Å². The lowest BCUT2D eigenvalue weighted by Crippen LogP contribution is -2.34. The molecule has 94 valence electrons. The third-order valence-electron chi connectivity index (χ3n) is 3.76. The van der Waals surface area contributed by atoms with E-state index < -0.39 is 0 Å². The smallest absolute Gasteiger partial charge is 0.129 e. The van der Waals surface area contributed by atoms with Gasteiger partial charge in [0, 0.05) is 24.3 Å². The van der Waals surface area contributed by atoms with E-state index in [9.17, 15) is 4.39 Å². The van der Waals surface area contributed by atoms with Gasteiger partial charge in [-0.3, -0.25) is 0 Å². The molecule has 17 heavy (non-hydrogen) atoms. The average Bonchev–Trinajstić information content (AvgIpc) is 2.38. The monoisotopic (exact) mass is 255 g/mol. The van der Waals surface area contributed by atoms with Crippen LogP contribution in [0, 0.1) is 11.7 Å². The normalized spacial score (nSPS) is 17.5. The van der Waals surface area contributed by atoms with Gasteiger partial charge in [-0.25, -0.2) is 4.39 Å². The highest BCUT2D eigenvalue weighted by molar-refractivity contribution is 6.17. The molecule has 1 saturated heterocycles. The zero-order chi connectivity index (χ0) is 12.3. The molecule has 1 aliphatic heterocycles. The van der Waals surface area contributed by atoms with Gasteiger partial charge in [0.15, 0.2) is 0 Å². The summed E-state index contributed by atoms with van der Waals surface area (Å²) in [7, 11) is 0. The van der Waals surface area contributed by atoms with E-state index in [1.165, 1.54) is 25.3 Å². The van der Waals surface area contributed by atoms with Gasteiger partial charge in [-0.05, 0) is 30.9 Å². The molecule has 0 bridgehead atoms. The van der Waals surface area contributed by atoms with Gasteiger partial charge in [0.1, 0.15) is 5.82 Å². The second-order valence-electron chi connectivity index (χ2n) is 4.71. The number of hydrogen-bond acceptors (Lipinski definition) is 1. The minimum Gasteiger partial charge on any atom is -0.371 e. The fourth-order valence-electron chi connectivity index (χ4n) is 2.56. The van der Waals surface area contributed by atoms with Gasteiger partial charge in [0.05, 0.1) is 5.88 Å². The van der Waals surface area contributed by atoms with Crippen molar-refractivity contribution in [3.63, 3.8) is 0 Å². The first kappa shape index (κ1) is 12.7. The maximum atomic E-state index is 13.6. The first-order chi connectivity index (χ1) is 8.26. The molecule has 0 unspecified atom stereocenters. The van der Waals surface area contributed by atoms with Crippen molar-refractivity contribution < 1.29 is 4.39 Å². The number of piperidine rings is 1. The molecule has 3 heteroatoms. The summed E-state index contributed by atoms with van der Waals surface area (Å²) in [6, 6.07) is 5.24. The van der Waals surface area contributed by atoms with Crippen LogP contribution in [0.15, 0.2) is 18.2 Å². The Morgan fingerprint density at radius 2 is 2.06 bits per heavy atom. The van der Waals surface area contributed by atoms with Crippen LogP contribution in [0.5, 0.6) is 0 Å². The number of benzene rings is 1. The molecular formula is C14H19ClFN. The molecule has 0 aromatic heterocycles. The van der Waals surface area contributed by atoms with E-state index in [0.29, 0.717) is 5.56 Å². The Bertz CT molecular complexity index is 372. The lowest BCUT2D eigenvalue weighted by Gasteiger charge is -2.34. The van der Waals surface area contributed by atoms with Crippen molar-refractivity contribution in [1.82, 2.24) is 0 Å². The summed E-state index contributed by atoms with van der Waals surface area (Å²) in [5, 5.41) is 0. The fourth-order valence-corrected chi connectivity index (χ4v) is 2.82. The first-order valence-corrected chi connectivity index (χ1v) is 6.88. The van der Waals surface area contributed by atoms with E-state index in [4.69, 9.17) is 11.6 Å². The Labute approximate surface area is 108 Å². The van der Waals surface area contributed by atoms with Gasteiger partial charge in [-0.15, -0.1) is 11.6 Å². The van der Waals surface area contributed by atoms with Crippen molar-refractivity contribution in [2.45, 2.75) is 32.1 Å². The molecule has 1 fully saturated rings. The minimum absolute atomic E-state index is 0.185. The van der Waals surface area contributed by atoms with Crippen molar-refractivity contribution in [3.8, 4) is 0 Å². The quantitative estimate of drug-likeness (QED) is 0.732. The third kappa shape index (κ3) is 2.74. The lowest BCUT2D eigenvalue weighted by atomic mass is 9.94. The van der Waals surface area contributed by atoms with E-state index in [1.807, 2.05) is 6.07 Å². The zero-order valence-corrected chi connectivity index (χ0v) is 11.0. The van der Waals surface area contributed by atoms with Crippen LogP contribution in [0.4, 0.5) is 10.1 Å². The molecule has 0 atom stereocenters. The molecule has 1 aromatic rings. The standard InChI is InChI=1S/C14H19ClFN/c1-2-11-6-8-17(9-7-11)14-5-3-4-13(16)12(14)10-15/h3-5,11H,2,6-10H2,1H3. The molecule has 0 spiro atoms. The van der Waals surface area contributed by atoms with Gasteiger partial charge in [-0.1, -0.05) is 19.4 Å². The van der Waals surface area contributed by atoms with E-state index >= 15 is 0 Å². The number of rotatable bonds is 3. The van der Waals surface area contributed by atoms with Crippen LogP contribution in [0.25, 0.3) is 0 Å². The summed E-state index contributed by atoms with van der Waals surface area (Å²) in [4.78, 5) is 2.27. The topological polar surface area (TPSA) is 3.24 Å². The van der Waals surface area contributed by atoms with Gasteiger partial charge in [0.2, 0.25) is 0 Å². The molecule has 1 heterocycles. The molecular weight excluding hydrogens is 237 g/mol. The Kier molecular flexibility index (Phi) is 4.27. The highest BCUT2D eigenvalue weighted by atomic mass is 35.5. The van der Waals surface area contributed by atoms with E-state index in [2.05, 4.69) is 11.8 Å². The molecule has 2 rings (SSSR count). The van der Waals surface area contributed by atoms with Crippen LogP contribution in [-0.2, 0) is 5.88 Å². The zero-order valence-electron chi connectivity index (χ0n) is 10.3. The van der Waals surface area contributed by atoms with Gasteiger partial charge >= 0.3 is 0 Å². The largest absolute Gasteiger partial charge is 0.371 e. The molecule has 0 saturated carbocycles. The molecule has 1 aromatic carbocycles. The summed E-state index contributed by atoms with van der Waals surface area (Å²) in [5.74, 6) is 0.893. The lowest BCUT2D eigenvalue weighted by molar-refractivity contribution is 0.394. The van der Waals surface area contributed by atoms with Crippen LogP contribution < -0.4 is 4.90 Å². The Hall–Kier alpha value is -0.760. The van der Waals surface area contributed by atoms with E-state index in [0.717, 1.165) is 24.7 Å². The van der Waals surface area contributed by atoms with Crippen molar-refractivity contribution >= 4 is 17.3 Å². The van der Waals surface area contributed by atoms with Crippen LogP contribution >= 0.6 is 11.6 Å². The summed E-state index contributed by atoms with van der Waals surface area (Å²) in [5.41, 5.74) is 1.62. The maximum Gasteiger partial charge on any atom is 0.129 e. The van der Waals surface area contributed by atoms with E-state index in [-0.39, 0.29) is 11.7 Å². The van der Waals surface area contributed by atoms with Crippen molar-refractivity contribution in [1.29, 1.82) is 0 Å². The molecule has 0 N–H and O–H groups in total. The summed E-state index contributed by atoms with van der Waals surface area (Å²) < 4.78 is 13.6. The second-order valence-corrected chi connectivity index (χ2v) is 4.98. The molecule has 1 nitrogen and oxygen atoms in total. The second kappa shape index (κ2) is 5.72. The van der Waals surface area contributed by atoms with Crippen LogP contribution in [0.2, 0.25) is 0 Å². The number of anilines is 1. The Morgan fingerprint density at radius 1 is 1.35 bits per heavy atom. The predicted octanol–water partition coefficient (Wildman–Crippen LogP) is 4.19. The molecule has 0 radical (unpaired) electrons. The number of nitrogens with zero attached hydrogens (tertiary/aromatic N) is 1. The van der Waals surface area contributed by atoms with Crippen molar-refractivity contribution in [2.24, 2.45) is 5.92 Å². The Balaban J connectivity index is 2.15. The predicted molar refractivity (Wildman–Crippen MR) is 71.2 cm³/mol. The minimum atomic E-state index is -0.185. The summed E-state index contributed by atoms with van der Waals surface area (Å²) in [6.07, 6.45) is 3.66. The highest BCUT2D eigenvalue weighted by Crippen LogP contribution is 2.29. The number of halogens is 2. The van der Waals surface area contributed by atoms with Gasteiger partial charge in [0.25, 0.3) is 0 Å². The SMILES string of the molecule is CCC1CCN(c2cccc(F)c2CCl)CC1. The fraction of sp³-hybridized carbons (Fsp3) is 0.571. The highest BCUT2D eigenvalue weighted by Gasteiger charge is 2.20. The van der Waals surface area contributed by atoms with Crippen molar-refractivity contribution in [3.05, 3.63) is 29.6 Å². The van der Waals surface area contributed by atoms with Crippen molar-refractivity contribution in [2.75, 3.05) is 18.0 Å². The van der Waals surface area contributed by atoms with Crippen LogP contribution in [-0.4, -0.2) is 13.1 Å². The third-order valence-corrected chi connectivity index (χ3v) is 4.03. The Morgan fingerprint density at radius 3 is 2.65 bits per heavy atom. The molecule has 0 aliphatic carbocycles. The average molecular weight is 256 g/mol. The van der Waals surface area contributed by atoms with E-state index in [1.54, 1.807) is 6.07 Å².